The van der Waals surface area contributed by atoms with Crippen LogP contribution in [0.1, 0.15) is 25.8 Å². The first-order chi connectivity index (χ1) is 11.1. The lowest BCUT2D eigenvalue weighted by molar-refractivity contribution is -0.697. The van der Waals surface area contributed by atoms with Crippen molar-refractivity contribution in [2.75, 3.05) is 30.3 Å². The Bertz CT molecular complexity index is 607. The Labute approximate surface area is 139 Å². The lowest BCUT2D eigenvalue weighted by Gasteiger charge is -2.22. The second kappa shape index (κ2) is 8.42. The Morgan fingerprint density at radius 3 is 2.43 bits per heavy atom. The number of nitrogen functional groups attached to an aromatic ring is 1. The molecule has 0 aliphatic rings. The molecule has 0 fully saturated rings. The van der Waals surface area contributed by atoms with Crippen LogP contribution in [0.3, 0.4) is 0 Å². The highest BCUT2D eigenvalue weighted by Gasteiger charge is 2.07. The summed E-state index contributed by atoms with van der Waals surface area (Å²) in [6, 6.07) is 10.3. The van der Waals surface area contributed by atoms with Crippen molar-refractivity contribution in [1.29, 1.82) is 0 Å². The minimum atomic E-state index is 0.660. The van der Waals surface area contributed by atoms with Crippen molar-refractivity contribution in [3.05, 3.63) is 48.3 Å². The van der Waals surface area contributed by atoms with Crippen molar-refractivity contribution < 1.29 is 9.30 Å². The molecule has 4 nitrogen and oxygen atoms in total. The van der Waals surface area contributed by atoms with E-state index in [2.05, 4.69) is 60.8 Å². The van der Waals surface area contributed by atoms with Crippen molar-refractivity contribution >= 4 is 11.4 Å². The van der Waals surface area contributed by atoms with Gasteiger partial charge in [-0.3, -0.25) is 0 Å². The van der Waals surface area contributed by atoms with E-state index in [1.165, 1.54) is 5.56 Å². The van der Waals surface area contributed by atoms with E-state index in [4.69, 9.17) is 10.5 Å². The smallest absolute Gasteiger partial charge is 0.169 e. The molecule has 4 heteroatoms. The molecule has 2 rings (SSSR count). The van der Waals surface area contributed by atoms with E-state index < -0.39 is 0 Å². The molecule has 0 aliphatic heterocycles. The van der Waals surface area contributed by atoms with Gasteiger partial charge in [0.1, 0.15) is 5.75 Å². The fourth-order valence-electron chi connectivity index (χ4n) is 2.54. The van der Waals surface area contributed by atoms with Gasteiger partial charge in [-0.05, 0) is 38.5 Å². The molecule has 0 unspecified atom stereocenters. The Morgan fingerprint density at radius 2 is 1.78 bits per heavy atom. The fourth-order valence-corrected chi connectivity index (χ4v) is 2.54. The molecule has 0 atom stereocenters. The first-order valence-corrected chi connectivity index (χ1v) is 8.37. The minimum Gasteiger partial charge on any atom is -0.491 e. The third-order valence-electron chi connectivity index (χ3n) is 4.00. The number of benzene rings is 1. The Kier molecular flexibility index (Phi) is 6.27. The summed E-state index contributed by atoms with van der Waals surface area (Å²) in [6.45, 7) is 9.95. The number of hydrogen-bond donors (Lipinski definition) is 1. The van der Waals surface area contributed by atoms with Gasteiger partial charge in [-0.2, -0.15) is 0 Å². The average Bonchev–Trinajstić information content (AvgIpc) is 2.56. The van der Waals surface area contributed by atoms with E-state index in [1.54, 1.807) is 0 Å². The molecule has 0 spiro atoms. The summed E-state index contributed by atoms with van der Waals surface area (Å²) in [4.78, 5) is 2.29. The lowest BCUT2D eigenvalue weighted by Crippen LogP contribution is -2.33. The molecule has 0 saturated heterocycles. The fraction of sp³-hybridized carbons (Fsp3) is 0.421. The number of pyridine rings is 1. The van der Waals surface area contributed by atoms with Gasteiger partial charge in [-0.25, -0.2) is 4.57 Å². The monoisotopic (exact) mass is 314 g/mol. The second-order valence-corrected chi connectivity index (χ2v) is 5.71. The quantitative estimate of drug-likeness (QED) is 0.462. The predicted octanol–water partition coefficient (Wildman–Crippen LogP) is 3.18. The van der Waals surface area contributed by atoms with Gasteiger partial charge in [0.05, 0.1) is 12.3 Å². The van der Waals surface area contributed by atoms with Crippen molar-refractivity contribution in [2.24, 2.45) is 0 Å². The summed E-state index contributed by atoms with van der Waals surface area (Å²) < 4.78 is 8.07. The maximum atomic E-state index is 6.03. The molecule has 2 aromatic rings. The number of nitrogens with two attached hydrogens (primary N) is 1. The van der Waals surface area contributed by atoms with Crippen LogP contribution < -0.4 is 19.9 Å². The molecule has 1 aromatic carbocycles. The molecule has 0 amide bonds. The van der Waals surface area contributed by atoms with Gasteiger partial charge in [0.25, 0.3) is 0 Å². The summed E-state index contributed by atoms with van der Waals surface area (Å²) in [5.74, 6) is 0.781. The van der Waals surface area contributed by atoms with Crippen LogP contribution in [-0.2, 0) is 6.54 Å². The zero-order valence-electron chi connectivity index (χ0n) is 14.5. The van der Waals surface area contributed by atoms with Crippen molar-refractivity contribution in [1.82, 2.24) is 0 Å². The summed E-state index contributed by atoms with van der Waals surface area (Å²) in [5, 5.41) is 0. The van der Waals surface area contributed by atoms with Crippen LogP contribution in [0.5, 0.6) is 5.75 Å². The van der Waals surface area contributed by atoms with Crippen LogP contribution >= 0.6 is 0 Å². The summed E-state index contributed by atoms with van der Waals surface area (Å²) >= 11 is 0. The number of rotatable bonds is 8. The Balaban J connectivity index is 1.89. The van der Waals surface area contributed by atoms with Crippen LogP contribution in [0.4, 0.5) is 11.4 Å². The van der Waals surface area contributed by atoms with E-state index in [1.807, 2.05) is 12.1 Å². The van der Waals surface area contributed by atoms with Gasteiger partial charge >= 0.3 is 0 Å². The van der Waals surface area contributed by atoms with Gasteiger partial charge < -0.3 is 15.4 Å². The molecule has 0 saturated carbocycles. The molecule has 1 aromatic heterocycles. The number of ether oxygens (including phenoxy) is 1. The van der Waals surface area contributed by atoms with E-state index in [0.717, 1.165) is 37.5 Å². The highest BCUT2D eigenvalue weighted by Crippen LogP contribution is 2.27. The molecular weight excluding hydrogens is 286 g/mol. The van der Waals surface area contributed by atoms with Gasteiger partial charge in [0.15, 0.2) is 18.9 Å². The van der Waals surface area contributed by atoms with Crippen LogP contribution in [-0.4, -0.2) is 19.7 Å². The average molecular weight is 314 g/mol. The maximum absolute atomic E-state index is 6.03. The second-order valence-electron chi connectivity index (χ2n) is 5.71. The molecule has 23 heavy (non-hydrogen) atoms. The van der Waals surface area contributed by atoms with E-state index >= 15 is 0 Å². The van der Waals surface area contributed by atoms with E-state index in [0.29, 0.717) is 12.3 Å². The van der Waals surface area contributed by atoms with Gasteiger partial charge in [0.2, 0.25) is 0 Å². The predicted molar refractivity (Wildman–Crippen MR) is 95.9 cm³/mol. The highest BCUT2D eigenvalue weighted by molar-refractivity contribution is 5.62. The van der Waals surface area contributed by atoms with Crippen LogP contribution in [0.2, 0.25) is 0 Å². The van der Waals surface area contributed by atoms with E-state index in [9.17, 15) is 0 Å². The maximum Gasteiger partial charge on any atom is 0.169 e. The van der Waals surface area contributed by atoms with Crippen LogP contribution in [0.25, 0.3) is 0 Å². The Hall–Kier alpha value is -2.23. The number of nitrogens with zero attached hydrogens (tertiary/aromatic N) is 2. The highest BCUT2D eigenvalue weighted by atomic mass is 16.5. The molecule has 2 N–H and O–H groups in total. The van der Waals surface area contributed by atoms with Gasteiger partial charge in [0, 0.05) is 43.4 Å². The number of aryl methyl sites for hydroxylation is 2. The number of anilines is 2. The molecule has 1 heterocycles. The summed E-state index contributed by atoms with van der Waals surface area (Å²) in [6.07, 6.45) is 5.15. The molecule has 0 aliphatic carbocycles. The van der Waals surface area contributed by atoms with Crippen molar-refractivity contribution in [3.8, 4) is 5.75 Å². The number of hydrogen-bond acceptors (Lipinski definition) is 3. The Morgan fingerprint density at radius 1 is 1.09 bits per heavy atom. The van der Waals surface area contributed by atoms with Crippen LogP contribution in [0, 0.1) is 6.92 Å². The summed E-state index contributed by atoms with van der Waals surface area (Å²) in [5.41, 5.74) is 9.17. The minimum absolute atomic E-state index is 0.660. The van der Waals surface area contributed by atoms with Crippen LogP contribution in [0.15, 0.2) is 42.7 Å². The van der Waals surface area contributed by atoms with Gasteiger partial charge in [-0.15, -0.1) is 0 Å². The normalized spacial score (nSPS) is 10.6. The van der Waals surface area contributed by atoms with E-state index in [-0.39, 0.29) is 0 Å². The standard InChI is InChI=1S/C19H28N3O/c1-4-22(5-2)17-7-8-18(20)19(15-17)23-14-6-11-21-12-9-16(3)10-13-21/h7-10,12-13,15H,4-6,11,14,20H2,1-3H3/q+1. The van der Waals surface area contributed by atoms with Crippen molar-refractivity contribution in [2.45, 2.75) is 33.7 Å². The zero-order chi connectivity index (χ0) is 16.7. The first kappa shape index (κ1) is 17.1. The molecule has 0 bridgehead atoms. The molecular formula is C19H28N3O+. The molecule has 124 valence electrons. The van der Waals surface area contributed by atoms with Crippen molar-refractivity contribution in [3.63, 3.8) is 0 Å². The van der Waals surface area contributed by atoms with Gasteiger partial charge in [-0.1, -0.05) is 0 Å². The third kappa shape index (κ3) is 4.88. The summed E-state index contributed by atoms with van der Waals surface area (Å²) in [7, 11) is 0. The SMILES string of the molecule is CCN(CC)c1ccc(N)c(OCCC[n+]2ccc(C)cc2)c1. The largest absolute Gasteiger partial charge is 0.491 e. The first-order valence-electron chi connectivity index (χ1n) is 8.37. The zero-order valence-corrected chi connectivity index (χ0v) is 14.5. The number of aromatic nitrogens is 1. The molecule has 0 radical (unpaired) electrons. The third-order valence-corrected chi connectivity index (χ3v) is 4.00. The lowest BCUT2D eigenvalue weighted by atomic mass is 10.2. The topological polar surface area (TPSA) is 42.4 Å².